The summed E-state index contributed by atoms with van der Waals surface area (Å²) >= 11 is 0. The van der Waals surface area contributed by atoms with E-state index in [-0.39, 0.29) is 12.8 Å². The lowest BCUT2D eigenvalue weighted by Gasteiger charge is -2.21. The lowest BCUT2D eigenvalue weighted by Crippen LogP contribution is -2.52. The minimum Gasteiger partial charge on any atom is -0.480 e. The van der Waals surface area contributed by atoms with Crippen LogP contribution in [0.5, 0.6) is 0 Å². The van der Waals surface area contributed by atoms with E-state index in [1.165, 1.54) is 25.1 Å². The van der Waals surface area contributed by atoms with Crippen molar-refractivity contribution in [2.24, 2.45) is 0 Å². The predicted octanol–water partition coefficient (Wildman–Crippen LogP) is 2.84. The molecule has 0 saturated carbocycles. The van der Waals surface area contributed by atoms with Crippen molar-refractivity contribution < 1.29 is 23.9 Å². The molecule has 0 aliphatic rings. The molecule has 2 amide bonds. The van der Waals surface area contributed by atoms with E-state index in [1.54, 1.807) is 6.07 Å². The average Bonchev–Trinajstić information content (AvgIpc) is 2.72. The first-order valence-corrected chi connectivity index (χ1v) is 9.85. The number of halogens is 1. The van der Waals surface area contributed by atoms with Crippen LogP contribution in [0.4, 0.5) is 4.39 Å². The Bertz CT molecular complexity index is 1110. The van der Waals surface area contributed by atoms with Gasteiger partial charge in [0.25, 0.3) is 0 Å². The zero-order valence-electron chi connectivity index (χ0n) is 17.0. The van der Waals surface area contributed by atoms with Crippen molar-refractivity contribution in [2.45, 2.75) is 31.8 Å². The number of carbonyl (C=O) groups excluding carboxylic acids is 2. The highest BCUT2D eigenvalue weighted by molar-refractivity contribution is 5.91. The number of amides is 2. The van der Waals surface area contributed by atoms with Gasteiger partial charge in [-0.15, -0.1) is 0 Å². The maximum atomic E-state index is 13.5. The molecule has 0 radical (unpaired) electrons. The molecule has 160 valence electrons. The Kier molecular flexibility index (Phi) is 6.97. The largest absolute Gasteiger partial charge is 0.480 e. The first kappa shape index (κ1) is 22.0. The Hall–Kier alpha value is -3.74. The summed E-state index contributed by atoms with van der Waals surface area (Å²) in [6, 6.07) is 16.6. The molecule has 3 aromatic carbocycles. The van der Waals surface area contributed by atoms with Crippen LogP contribution < -0.4 is 10.6 Å². The summed E-state index contributed by atoms with van der Waals surface area (Å²) in [5, 5.41) is 16.6. The minimum absolute atomic E-state index is 0.0315. The van der Waals surface area contributed by atoms with E-state index in [4.69, 9.17) is 0 Å². The summed E-state index contributed by atoms with van der Waals surface area (Å²) in [5.74, 6) is -2.74. The van der Waals surface area contributed by atoms with Crippen LogP contribution in [0.1, 0.15) is 18.1 Å². The lowest BCUT2D eigenvalue weighted by molar-refractivity contribution is -0.142. The molecule has 0 aliphatic heterocycles. The van der Waals surface area contributed by atoms with E-state index in [0.29, 0.717) is 5.56 Å². The predicted molar refractivity (Wildman–Crippen MR) is 115 cm³/mol. The van der Waals surface area contributed by atoms with Crippen LogP contribution in [0.25, 0.3) is 10.8 Å². The van der Waals surface area contributed by atoms with Gasteiger partial charge >= 0.3 is 5.97 Å². The summed E-state index contributed by atoms with van der Waals surface area (Å²) < 4.78 is 13.5. The van der Waals surface area contributed by atoms with Crippen LogP contribution in [-0.4, -0.2) is 35.0 Å². The number of rotatable bonds is 8. The highest BCUT2D eigenvalue weighted by Crippen LogP contribution is 2.20. The summed E-state index contributed by atoms with van der Waals surface area (Å²) in [6.45, 7) is 1.26. The van der Waals surface area contributed by atoms with Gasteiger partial charge in [-0.05, 0) is 34.0 Å². The molecule has 0 heterocycles. The SMILES string of the molecule is CC(=O)N[C@H](Cc1cccc(F)c1)C(=O)N[C@@H](Cc1cccc2ccccc12)C(=O)O. The van der Waals surface area contributed by atoms with Crippen LogP contribution in [0.2, 0.25) is 0 Å². The van der Waals surface area contributed by atoms with E-state index >= 15 is 0 Å². The number of hydrogen-bond acceptors (Lipinski definition) is 3. The normalized spacial score (nSPS) is 12.7. The van der Waals surface area contributed by atoms with Crippen LogP contribution in [0.15, 0.2) is 66.7 Å². The van der Waals surface area contributed by atoms with E-state index in [0.717, 1.165) is 16.3 Å². The molecule has 2 atom stereocenters. The van der Waals surface area contributed by atoms with Gasteiger partial charge in [0.05, 0.1) is 0 Å². The highest BCUT2D eigenvalue weighted by Gasteiger charge is 2.27. The number of fused-ring (bicyclic) bond motifs is 1. The molecule has 6 nitrogen and oxygen atoms in total. The number of carbonyl (C=O) groups is 3. The van der Waals surface area contributed by atoms with Gasteiger partial charge in [-0.25, -0.2) is 9.18 Å². The molecule has 0 fully saturated rings. The van der Waals surface area contributed by atoms with Crippen molar-refractivity contribution in [3.8, 4) is 0 Å². The quantitative estimate of drug-likeness (QED) is 0.520. The van der Waals surface area contributed by atoms with Gasteiger partial charge in [0.2, 0.25) is 11.8 Å². The van der Waals surface area contributed by atoms with E-state index < -0.39 is 35.7 Å². The number of hydrogen-bond donors (Lipinski definition) is 3. The van der Waals surface area contributed by atoms with Gasteiger partial charge in [-0.3, -0.25) is 9.59 Å². The second-order valence-electron chi connectivity index (χ2n) is 7.33. The second-order valence-corrected chi connectivity index (χ2v) is 7.33. The van der Waals surface area contributed by atoms with E-state index in [9.17, 15) is 23.9 Å². The third-order valence-electron chi connectivity index (χ3n) is 4.94. The first-order chi connectivity index (χ1) is 14.8. The maximum Gasteiger partial charge on any atom is 0.326 e. The zero-order chi connectivity index (χ0) is 22.4. The Labute approximate surface area is 179 Å². The third-order valence-corrected chi connectivity index (χ3v) is 4.94. The molecule has 3 aromatic rings. The van der Waals surface area contributed by atoms with Crippen molar-refractivity contribution in [3.05, 3.63) is 83.7 Å². The van der Waals surface area contributed by atoms with Crippen molar-refractivity contribution in [1.29, 1.82) is 0 Å². The molecule has 31 heavy (non-hydrogen) atoms. The average molecular weight is 422 g/mol. The fourth-order valence-electron chi connectivity index (χ4n) is 3.52. The maximum absolute atomic E-state index is 13.5. The Balaban J connectivity index is 1.79. The number of carboxylic acids is 1. The topological polar surface area (TPSA) is 95.5 Å². The first-order valence-electron chi connectivity index (χ1n) is 9.85. The Morgan fingerprint density at radius 3 is 2.32 bits per heavy atom. The number of carboxylic acid groups (broad SMARTS) is 1. The summed E-state index contributed by atoms with van der Waals surface area (Å²) in [4.78, 5) is 36.3. The monoisotopic (exact) mass is 422 g/mol. The minimum atomic E-state index is -1.19. The van der Waals surface area contributed by atoms with Gasteiger partial charge in [0, 0.05) is 19.8 Å². The van der Waals surface area contributed by atoms with Crippen LogP contribution >= 0.6 is 0 Å². The summed E-state index contributed by atoms with van der Waals surface area (Å²) in [7, 11) is 0. The van der Waals surface area contributed by atoms with Crippen LogP contribution in [0.3, 0.4) is 0 Å². The Morgan fingerprint density at radius 1 is 0.903 bits per heavy atom. The lowest BCUT2D eigenvalue weighted by atomic mass is 9.98. The smallest absolute Gasteiger partial charge is 0.326 e. The Morgan fingerprint density at radius 2 is 1.61 bits per heavy atom. The van der Waals surface area contributed by atoms with E-state index in [2.05, 4.69) is 10.6 Å². The summed E-state index contributed by atoms with van der Waals surface area (Å²) in [5.41, 5.74) is 1.29. The number of aliphatic carboxylic acids is 1. The molecule has 0 aliphatic carbocycles. The summed E-state index contributed by atoms with van der Waals surface area (Å²) in [6.07, 6.45) is 0.110. The fourth-order valence-corrected chi connectivity index (χ4v) is 3.52. The molecule has 3 N–H and O–H groups in total. The van der Waals surface area contributed by atoms with Gasteiger partial charge < -0.3 is 15.7 Å². The van der Waals surface area contributed by atoms with Crippen LogP contribution in [0, 0.1) is 5.82 Å². The van der Waals surface area contributed by atoms with Crippen molar-refractivity contribution in [3.63, 3.8) is 0 Å². The second kappa shape index (κ2) is 9.84. The van der Waals surface area contributed by atoms with Crippen LogP contribution in [-0.2, 0) is 27.2 Å². The number of nitrogens with one attached hydrogen (secondary N) is 2. The van der Waals surface area contributed by atoms with Crippen molar-refractivity contribution in [2.75, 3.05) is 0 Å². The highest BCUT2D eigenvalue weighted by atomic mass is 19.1. The molecule has 0 unspecified atom stereocenters. The van der Waals surface area contributed by atoms with Crippen molar-refractivity contribution in [1.82, 2.24) is 10.6 Å². The number of benzene rings is 3. The van der Waals surface area contributed by atoms with Crippen molar-refractivity contribution >= 4 is 28.6 Å². The van der Waals surface area contributed by atoms with Gasteiger partial charge in [-0.2, -0.15) is 0 Å². The zero-order valence-corrected chi connectivity index (χ0v) is 17.0. The van der Waals surface area contributed by atoms with Gasteiger partial charge in [0.1, 0.15) is 17.9 Å². The molecule has 7 heteroatoms. The third kappa shape index (κ3) is 5.88. The van der Waals surface area contributed by atoms with Gasteiger partial charge in [-0.1, -0.05) is 54.6 Å². The fraction of sp³-hybridized carbons (Fsp3) is 0.208. The molecular weight excluding hydrogens is 399 g/mol. The molecule has 0 bridgehead atoms. The van der Waals surface area contributed by atoms with E-state index in [1.807, 2.05) is 42.5 Å². The molecule has 0 aromatic heterocycles. The standard InChI is InChI=1S/C24H23FN2O4/c1-15(28)26-21(13-16-6-4-10-19(25)12-16)23(29)27-22(24(30)31)14-18-9-5-8-17-7-2-3-11-20(17)18/h2-12,21-22H,13-14H2,1H3,(H,26,28)(H,27,29)(H,30,31)/t21-,22+/m1/s1. The molecule has 3 rings (SSSR count). The molecular formula is C24H23FN2O4. The molecule has 0 saturated heterocycles. The van der Waals surface area contributed by atoms with Gasteiger partial charge in [0.15, 0.2) is 0 Å². The molecule has 0 spiro atoms.